The number of anilines is 2. The van der Waals surface area contributed by atoms with Crippen molar-refractivity contribution in [3.8, 4) is 11.1 Å². The molecule has 3 aromatic carbocycles. The Morgan fingerprint density at radius 3 is 2.20 bits per heavy atom. The van der Waals surface area contributed by atoms with Crippen LogP contribution in [0.25, 0.3) is 11.1 Å². The van der Waals surface area contributed by atoms with Gasteiger partial charge in [0.1, 0.15) is 0 Å². The molecule has 0 saturated carbocycles. The summed E-state index contributed by atoms with van der Waals surface area (Å²) in [4.78, 5) is 0.182. The minimum atomic E-state index is -3.67. The third-order valence-electron chi connectivity index (χ3n) is 4.02. The van der Waals surface area contributed by atoms with E-state index in [0.717, 1.165) is 22.3 Å². The van der Waals surface area contributed by atoms with Crippen LogP contribution in [0.15, 0.2) is 71.6 Å². The lowest BCUT2D eigenvalue weighted by atomic mass is 10.0. The highest BCUT2D eigenvalue weighted by molar-refractivity contribution is 7.92. The van der Waals surface area contributed by atoms with Crippen molar-refractivity contribution in [1.29, 1.82) is 0 Å². The van der Waals surface area contributed by atoms with Crippen LogP contribution >= 0.6 is 0 Å². The SMILES string of the molecule is Cc1cccc(-c2ccc(C)c(NS(=O)(=O)c3ccc(N)cc3)c2)c1. The van der Waals surface area contributed by atoms with Gasteiger partial charge in [-0.1, -0.05) is 42.0 Å². The zero-order valence-electron chi connectivity index (χ0n) is 14.2. The smallest absolute Gasteiger partial charge is 0.261 e. The monoisotopic (exact) mass is 352 g/mol. The van der Waals surface area contributed by atoms with E-state index < -0.39 is 10.0 Å². The molecular formula is C20H20N2O2S. The molecule has 0 radical (unpaired) electrons. The Balaban J connectivity index is 1.97. The van der Waals surface area contributed by atoms with Crippen LogP contribution in [-0.4, -0.2) is 8.42 Å². The number of hydrogen-bond donors (Lipinski definition) is 2. The first-order chi connectivity index (χ1) is 11.8. The molecule has 0 fully saturated rings. The molecule has 0 unspecified atom stereocenters. The van der Waals surface area contributed by atoms with Gasteiger partial charge >= 0.3 is 0 Å². The Hall–Kier alpha value is -2.79. The number of nitrogens with one attached hydrogen (secondary N) is 1. The first kappa shape index (κ1) is 17.0. The van der Waals surface area contributed by atoms with E-state index in [1.807, 2.05) is 50.2 Å². The number of hydrogen-bond acceptors (Lipinski definition) is 3. The maximum Gasteiger partial charge on any atom is 0.261 e. The van der Waals surface area contributed by atoms with Gasteiger partial charge in [0, 0.05) is 5.69 Å². The maximum atomic E-state index is 12.6. The van der Waals surface area contributed by atoms with Gasteiger partial charge in [0.25, 0.3) is 10.0 Å². The summed E-state index contributed by atoms with van der Waals surface area (Å²) >= 11 is 0. The van der Waals surface area contributed by atoms with E-state index >= 15 is 0 Å². The van der Waals surface area contributed by atoms with Gasteiger partial charge in [-0.2, -0.15) is 0 Å². The summed E-state index contributed by atoms with van der Waals surface area (Å²) < 4.78 is 27.9. The summed E-state index contributed by atoms with van der Waals surface area (Å²) in [6.07, 6.45) is 0. The van der Waals surface area contributed by atoms with Crippen molar-refractivity contribution in [3.05, 3.63) is 77.9 Å². The predicted molar refractivity (Wildman–Crippen MR) is 103 cm³/mol. The van der Waals surface area contributed by atoms with Crippen LogP contribution in [0.1, 0.15) is 11.1 Å². The quantitative estimate of drug-likeness (QED) is 0.686. The van der Waals surface area contributed by atoms with E-state index in [1.54, 1.807) is 12.1 Å². The number of aryl methyl sites for hydroxylation is 2. The normalized spacial score (nSPS) is 11.3. The van der Waals surface area contributed by atoms with Gasteiger partial charge in [-0.15, -0.1) is 0 Å². The molecule has 4 nitrogen and oxygen atoms in total. The van der Waals surface area contributed by atoms with Gasteiger partial charge in [-0.3, -0.25) is 4.72 Å². The molecule has 0 aliphatic rings. The van der Waals surface area contributed by atoms with Crippen LogP contribution in [0.4, 0.5) is 11.4 Å². The van der Waals surface area contributed by atoms with Crippen molar-refractivity contribution in [3.63, 3.8) is 0 Å². The second-order valence-corrected chi connectivity index (χ2v) is 7.76. The topological polar surface area (TPSA) is 72.2 Å². The number of nitrogen functional groups attached to an aromatic ring is 1. The van der Waals surface area contributed by atoms with Gasteiger partial charge in [-0.25, -0.2) is 8.42 Å². The highest BCUT2D eigenvalue weighted by Crippen LogP contribution is 2.27. The average Bonchev–Trinajstić information content (AvgIpc) is 2.57. The number of nitrogens with two attached hydrogens (primary N) is 1. The maximum absolute atomic E-state index is 12.6. The molecule has 3 aromatic rings. The minimum absolute atomic E-state index is 0.182. The Morgan fingerprint density at radius 2 is 1.52 bits per heavy atom. The molecule has 0 bridgehead atoms. The van der Waals surface area contributed by atoms with E-state index in [4.69, 9.17) is 5.73 Å². The number of sulfonamides is 1. The summed E-state index contributed by atoms with van der Waals surface area (Å²) in [6.45, 7) is 3.91. The summed E-state index contributed by atoms with van der Waals surface area (Å²) in [5, 5.41) is 0. The van der Waals surface area contributed by atoms with Crippen molar-refractivity contribution in [2.75, 3.05) is 10.5 Å². The van der Waals surface area contributed by atoms with Crippen molar-refractivity contribution in [2.24, 2.45) is 0 Å². The minimum Gasteiger partial charge on any atom is -0.399 e. The average molecular weight is 352 g/mol. The molecule has 0 spiro atoms. The van der Waals surface area contributed by atoms with Gasteiger partial charge in [0.2, 0.25) is 0 Å². The fraction of sp³-hybridized carbons (Fsp3) is 0.100. The van der Waals surface area contributed by atoms with E-state index in [-0.39, 0.29) is 4.90 Å². The molecule has 0 heterocycles. The number of benzene rings is 3. The molecule has 5 heteroatoms. The van der Waals surface area contributed by atoms with Crippen LogP contribution in [0.5, 0.6) is 0 Å². The second-order valence-electron chi connectivity index (χ2n) is 6.07. The van der Waals surface area contributed by atoms with Crippen LogP contribution in [0, 0.1) is 13.8 Å². The highest BCUT2D eigenvalue weighted by atomic mass is 32.2. The van der Waals surface area contributed by atoms with Crippen LogP contribution in [0.2, 0.25) is 0 Å². The van der Waals surface area contributed by atoms with Crippen molar-refractivity contribution in [1.82, 2.24) is 0 Å². The highest BCUT2D eigenvalue weighted by Gasteiger charge is 2.15. The molecular weight excluding hydrogens is 332 g/mol. The fourth-order valence-electron chi connectivity index (χ4n) is 2.59. The second kappa shape index (κ2) is 6.61. The molecule has 3 rings (SSSR count). The summed E-state index contributed by atoms with van der Waals surface area (Å²) in [6, 6.07) is 20.0. The molecule has 0 atom stereocenters. The summed E-state index contributed by atoms with van der Waals surface area (Å²) in [7, 11) is -3.67. The van der Waals surface area contributed by atoms with Gasteiger partial charge in [0.05, 0.1) is 10.6 Å². The van der Waals surface area contributed by atoms with Crippen molar-refractivity contribution >= 4 is 21.4 Å². The molecule has 0 saturated heterocycles. The molecule has 0 aliphatic heterocycles. The fourth-order valence-corrected chi connectivity index (χ4v) is 3.71. The first-order valence-corrected chi connectivity index (χ1v) is 9.39. The number of rotatable bonds is 4. The van der Waals surface area contributed by atoms with Gasteiger partial charge < -0.3 is 5.73 Å². The summed E-state index contributed by atoms with van der Waals surface area (Å²) in [5.74, 6) is 0. The lowest BCUT2D eigenvalue weighted by Gasteiger charge is -2.13. The Morgan fingerprint density at radius 1 is 0.840 bits per heavy atom. The molecule has 0 aromatic heterocycles. The largest absolute Gasteiger partial charge is 0.399 e. The lowest BCUT2D eigenvalue weighted by Crippen LogP contribution is -2.13. The van der Waals surface area contributed by atoms with E-state index in [0.29, 0.717) is 11.4 Å². The van der Waals surface area contributed by atoms with E-state index in [1.165, 1.54) is 12.1 Å². The zero-order valence-corrected chi connectivity index (χ0v) is 15.0. The standard InChI is InChI=1S/C20H20N2O2S/c1-14-4-3-5-16(12-14)17-7-6-15(2)20(13-17)22-25(23,24)19-10-8-18(21)9-11-19/h3-13,22H,21H2,1-2H3. The molecule has 0 amide bonds. The van der Waals surface area contributed by atoms with Crippen LogP contribution in [-0.2, 0) is 10.0 Å². The first-order valence-electron chi connectivity index (χ1n) is 7.91. The van der Waals surface area contributed by atoms with Gasteiger partial charge in [0.15, 0.2) is 0 Å². The Bertz CT molecular complexity index is 1010. The van der Waals surface area contributed by atoms with Crippen molar-refractivity contribution < 1.29 is 8.42 Å². The Labute approximate surface area is 148 Å². The van der Waals surface area contributed by atoms with E-state index in [9.17, 15) is 8.42 Å². The van der Waals surface area contributed by atoms with Crippen molar-refractivity contribution in [2.45, 2.75) is 18.7 Å². The molecule has 128 valence electrons. The zero-order chi connectivity index (χ0) is 18.0. The summed E-state index contributed by atoms with van der Waals surface area (Å²) in [5.41, 5.74) is 10.7. The predicted octanol–water partition coefficient (Wildman–Crippen LogP) is 4.35. The third kappa shape index (κ3) is 3.83. The molecule has 0 aliphatic carbocycles. The third-order valence-corrected chi connectivity index (χ3v) is 5.41. The molecule has 25 heavy (non-hydrogen) atoms. The molecule has 3 N–H and O–H groups in total. The van der Waals surface area contributed by atoms with Crippen LogP contribution < -0.4 is 10.5 Å². The lowest BCUT2D eigenvalue weighted by molar-refractivity contribution is 0.601. The Kier molecular flexibility index (Phi) is 4.51. The van der Waals surface area contributed by atoms with Gasteiger partial charge in [-0.05, 0) is 60.9 Å². The van der Waals surface area contributed by atoms with E-state index in [2.05, 4.69) is 10.8 Å². The van der Waals surface area contributed by atoms with Crippen LogP contribution in [0.3, 0.4) is 0 Å².